The van der Waals surface area contributed by atoms with Gasteiger partial charge in [0, 0.05) is 13.1 Å². The number of amides is 2. The lowest BCUT2D eigenvalue weighted by Gasteiger charge is -2.17. The van der Waals surface area contributed by atoms with Gasteiger partial charge in [0.25, 0.3) is 5.91 Å². The molecule has 2 amide bonds. The number of nitrogens with one attached hydrogen (secondary N) is 2. The minimum Gasteiger partial charge on any atom is -0.353 e. The first kappa shape index (κ1) is 15.5. The summed E-state index contributed by atoms with van der Waals surface area (Å²) in [5.74, 6) is -0.536. The molecule has 1 rings (SSSR count). The Bertz CT molecular complexity index is 469. The molecule has 0 saturated carbocycles. The maximum absolute atomic E-state index is 11.8. The van der Waals surface area contributed by atoms with Crippen LogP contribution in [0.4, 0.5) is 0 Å². The topological polar surface area (TPSA) is 84.2 Å². The van der Waals surface area contributed by atoms with Crippen LogP contribution in [0.25, 0.3) is 0 Å². The van der Waals surface area contributed by atoms with Gasteiger partial charge >= 0.3 is 0 Å². The van der Waals surface area contributed by atoms with E-state index in [1.165, 1.54) is 0 Å². The molecule has 0 aliphatic carbocycles. The molecular weight excluding hydrogens is 266 g/mol. The summed E-state index contributed by atoms with van der Waals surface area (Å²) >= 11 is 5.90. The molecule has 0 heterocycles. The van der Waals surface area contributed by atoms with Crippen molar-refractivity contribution in [3.63, 3.8) is 0 Å². The Hall–Kier alpha value is -1.59. The highest BCUT2D eigenvalue weighted by molar-refractivity contribution is 6.33. The van der Waals surface area contributed by atoms with E-state index < -0.39 is 5.54 Å². The van der Waals surface area contributed by atoms with Crippen LogP contribution >= 0.6 is 11.6 Å². The van der Waals surface area contributed by atoms with Crippen molar-refractivity contribution >= 4 is 23.4 Å². The zero-order chi connectivity index (χ0) is 14.5. The van der Waals surface area contributed by atoms with Crippen molar-refractivity contribution < 1.29 is 9.59 Å². The maximum atomic E-state index is 11.8. The first-order chi connectivity index (χ1) is 8.82. The number of nitrogens with two attached hydrogens (primary N) is 1. The van der Waals surface area contributed by atoms with E-state index in [4.69, 9.17) is 17.3 Å². The second-order valence-corrected chi connectivity index (χ2v) is 5.12. The first-order valence-corrected chi connectivity index (χ1v) is 6.30. The Morgan fingerprint density at radius 2 is 1.79 bits per heavy atom. The highest BCUT2D eigenvalue weighted by Crippen LogP contribution is 2.14. The van der Waals surface area contributed by atoms with Crippen molar-refractivity contribution in [2.75, 3.05) is 13.1 Å². The van der Waals surface area contributed by atoms with Gasteiger partial charge in [-0.3, -0.25) is 9.59 Å². The fourth-order valence-corrected chi connectivity index (χ4v) is 1.54. The molecule has 0 atom stereocenters. The van der Waals surface area contributed by atoms with Gasteiger partial charge in [-0.15, -0.1) is 0 Å². The fourth-order valence-electron chi connectivity index (χ4n) is 1.32. The molecule has 104 valence electrons. The van der Waals surface area contributed by atoms with Crippen molar-refractivity contribution in [2.45, 2.75) is 19.4 Å². The van der Waals surface area contributed by atoms with Crippen molar-refractivity contribution in [1.29, 1.82) is 0 Å². The van der Waals surface area contributed by atoms with Crippen LogP contribution in [-0.2, 0) is 4.79 Å². The minimum absolute atomic E-state index is 0.264. The average Bonchev–Trinajstić information content (AvgIpc) is 2.33. The van der Waals surface area contributed by atoms with Crippen LogP contribution in [0.5, 0.6) is 0 Å². The number of hydrogen-bond acceptors (Lipinski definition) is 3. The smallest absolute Gasteiger partial charge is 0.252 e. The van der Waals surface area contributed by atoms with Crippen LogP contribution in [0.3, 0.4) is 0 Å². The van der Waals surface area contributed by atoms with Crippen molar-refractivity contribution in [3.8, 4) is 0 Å². The second-order valence-electron chi connectivity index (χ2n) is 4.71. The Kier molecular flexibility index (Phi) is 5.32. The normalized spacial score (nSPS) is 10.9. The predicted molar refractivity (Wildman–Crippen MR) is 75.1 cm³/mol. The van der Waals surface area contributed by atoms with E-state index in [9.17, 15) is 9.59 Å². The van der Waals surface area contributed by atoms with Crippen molar-refractivity contribution in [3.05, 3.63) is 34.9 Å². The molecule has 0 unspecified atom stereocenters. The summed E-state index contributed by atoms with van der Waals surface area (Å²) in [6.07, 6.45) is 0. The zero-order valence-corrected chi connectivity index (χ0v) is 11.8. The molecule has 4 N–H and O–H groups in total. The summed E-state index contributed by atoms with van der Waals surface area (Å²) in [4.78, 5) is 23.2. The quantitative estimate of drug-likeness (QED) is 0.703. The summed E-state index contributed by atoms with van der Waals surface area (Å²) in [6, 6.07) is 6.77. The van der Waals surface area contributed by atoms with Gasteiger partial charge in [-0.25, -0.2) is 0 Å². The molecule has 0 bridgehead atoms. The summed E-state index contributed by atoms with van der Waals surface area (Å²) in [7, 11) is 0. The van der Waals surface area contributed by atoms with Crippen LogP contribution in [0.2, 0.25) is 5.02 Å². The summed E-state index contributed by atoms with van der Waals surface area (Å²) < 4.78 is 0. The number of halogens is 1. The molecule has 0 aliphatic rings. The van der Waals surface area contributed by atoms with Crippen LogP contribution < -0.4 is 16.4 Å². The summed E-state index contributed by atoms with van der Waals surface area (Å²) in [6.45, 7) is 3.86. The Balaban J connectivity index is 2.37. The molecule has 1 aromatic carbocycles. The van der Waals surface area contributed by atoms with E-state index in [1.807, 2.05) is 0 Å². The lowest BCUT2D eigenvalue weighted by atomic mass is 10.1. The number of hydrogen-bond donors (Lipinski definition) is 3. The molecule has 1 aromatic rings. The second kappa shape index (κ2) is 6.54. The van der Waals surface area contributed by atoms with E-state index in [0.717, 1.165) is 0 Å². The van der Waals surface area contributed by atoms with Gasteiger partial charge in [0.1, 0.15) is 0 Å². The highest BCUT2D eigenvalue weighted by Gasteiger charge is 2.20. The summed E-state index contributed by atoms with van der Waals surface area (Å²) in [5.41, 5.74) is 5.10. The van der Waals surface area contributed by atoms with E-state index in [2.05, 4.69) is 10.6 Å². The number of rotatable bonds is 5. The van der Waals surface area contributed by atoms with Gasteiger partial charge in [-0.1, -0.05) is 23.7 Å². The van der Waals surface area contributed by atoms with E-state index in [-0.39, 0.29) is 11.8 Å². The number of benzene rings is 1. The lowest BCUT2D eigenvalue weighted by Crippen LogP contribution is -2.50. The van der Waals surface area contributed by atoms with Gasteiger partial charge in [-0.05, 0) is 26.0 Å². The molecule has 19 heavy (non-hydrogen) atoms. The van der Waals surface area contributed by atoms with Gasteiger partial charge in [0.05, 0.1) is 16.1 Å². The van der Waals surface area contributed by atoms with Crippen molar-refractivity contribution in [1.82, 2.24) is 10.6 Å². The standard InChI is InChI=1S/C13H18ClN3O2/c1-13(2,15)12(19)17-8-7-16-11(18)9-5-3-4-6-10(9)14/h3-6H,7-8,15H2,1-2H3,(H,16,18)(H,17,19). The maximum Gasteiger partial charge on any atom is 0.252 e. The van der Waals surface area contributed by atoms with Gasteiger partial charge in [0.2, 0.25) is 5.91 Å². The molecule has 0 fully saturated rings. The highest BCUT2D eigenvalue weighted by atomic mass is 35.5. The van der Waals surface area contributed by atoms with E-state index >= 15 is 0 Å². The molecule has 0 aromatic heterocycles. The van der Waals surface area contributed by atoms with Crippen LogP contribution in [0.15, 0.2) is 24.3 Å². The average molecular weight is 284 g/mol. The largest absolute Gasteiger partial charge is 0.353 e. The van der Waals surface area contributed by atoms with E-state index in [1.54, 1.807) is 38.1 Å². The molecule has 0 saturated heterocycles. The summed E-state index contributed by atoms with van der Waals surface area (Å²) in [5, 5.41) is 5.70. The molecule has 0 radical (unpaired) electrons. The lowest BCUT2D eigenvalue weighted by molar-refractivity contribution is -0.125. The molecule has 6 heteroatoms. The zero-order valence-electron chi connectivity index (χ0n) is 11.0. The first-order valence-electron chi connectivity index (χ1n) is 5.92. The van der Waals surface area contributed by atoms with Crippen LogP contribution in [-0.4, -0.2) is 30.4 Å². The van der Waals surface area contributed by atoms with Gasteiger partial charge < -0.3 is 16.4 Å². The van der Waals surface area contributed by atoms with Crippen LogP contribution in [0.1, 0.15) is 24.2 Å². The Labute approximate surface area is 117 Å². The Morgan fingerprint density at radius 1 is 1.21 bits per heavy atom. The van der Waals surface area contributed by atoms with Crippen LogP contribution in [0, 0.1) is 0 Å². The van der Waals surface area contributed by atoms with Gasteiger partial charge in [0.15, 0.2) is 0 Å². The van der Waals surface area contributed by atoms with E-state index in [0.29, 0.717) is 23.7 Å². The monoisotopic (exact) mass is 283 g/mol. The molecular formula is C13H18ClN3O2. The number of carbonyl (C=O) groups excluding carboxylic acids is 2. The third-order valence-electron chi connectivity index (χ3n) is 2.40. The number of carbonyl (C=O) groups is 2. The molecule has 0 aliphatic heterocycles. The molecule has 5 nitrogen and oxygen atoms in total. The predicted octanol–water partition coefficient (Wildman–Crippen LogP) is 0.923. The SMILES string of the molecule is CC(C)(N)C(=O)NCCNC(=O)c1ccccc1Cl. The minimum atomic E-state index is -0.924. The van der Waals surface area contributed by atoms with Crippen molar-refractivity contribution in [2.24, 2.45) is 5.73 Å². The Morgan fingerprint density at radius 3 is 2.37 bits per heavy atom. The fraction of sp³-hybridized carbons (Fsp3) is 0.385. The third-order valence-corrected chi connectivity index (χ3v) is 2.73. The molecule has 0 spiro atoms. The third kappa shape index (κ3) is 4.89. The van der Waals surface area contributed by atoms with Gasteiger partial charge in [-0.2, -0.15) is 0 Å².